The maximum absolute atomic E-state index is 6.84. The third-order valence-corrected chi connectivity index (χ3v) is 9.85. The molecule has 0 aliphatic carbocycles. The molecule has 45 heavy (non-hydrogen) atoms. The van der Waals surface area contributed by atoms with Crippen LogP contribution in [-0.2, 0) is 5.41 Å². The molecule has 7 aromatic carbocycles. The molecule has 3 heterocycles. The normalized spacial score (nSPS) is 13.7. The molecular formula is C43H27NO. The SMILES string of the molecule is c1ccc(-c2ccc3c(c2)C2(c4cc(-c5ccccc5)ccc4O3)c3ccccc3-n3c4ccccc4c4cccc2c43)cc1. The molecule has 0 unspecified atom stereocenters. The van der Waals surface area contributed by atoms with Crippen LogP contribution in [-0.4, -0.2) is 4.57 Å². The quantitative estimate of drug-likeness (QED) is 0.201. The minimum absolute atomic E-state index is 0.612. The van der Waals surface area contributed by atoms with Gasteiger partial charge in [0.1, 0.15) is 11.5 Å². The smallest absolute Gasteiger partial charge is 0.132 e. The second-order valence-corrected chi connectivity index (χ2v) is 12.1. The fourth-order valence-electron chi connectivity index (χ4n) is 7.99. The van der Waals surface area contributed by atoms with Crippen molar-refractivity contribution in [3.63, 3.8) is 0 Å². The topological polar surface area (TPSA) is 14.2 Å². The monoisotopic (exact) mass is 573 g/mol. The zero-order valence-corrected chi connectivity index (χ0v) is 24.4. The molecule has 0 saturated heterocycles. The number of hydrogen-bond donors (Lipinski definition) is 0. The average Bonchev–Trinajstić information content (AvgIpc) is 3.46. The molecule has 0 bridgehead atoms. The predicted molar refractivity (Wildman–Crippen MR) is 184 cm³/mol. The molecular weight excluding hydrogens is 546 g/mol. The van der Waals surface area contributed by atoms with Gasteiger partial charge in [-0.1, -0.05) is 127 Å². The molecule has 2 aliphatic heterocycles. The van der Waals surface area contributed by atoms with E-state index in [1.807, 2.05) is 0 Å². The van der Waals surface area contributed by atoms with Crippen LogP contribution >= 0.6 is 0 Å². The lowest BCUT2D eigenvalue weighted by atomic mass is 9.61. The Morgan fingerprint density at radius 1 is 0.400 bits per heavy atom. The van der Waals surface area contributed by atoms with Crippen LogP contribution in [0.2, 0.25) is 0 Å². The molecule has 0 N–H and O–H groups in total. The van der Waals surface area contributed by atoms with Gasteiger partial charge in [-0.25, -0.2) is 0 Å². The lowest BCUT2D eigenvalue weighted by Crippen LogP contribution is -2.38. The number of aromatic nitrogens is 1. The summed E-state index contributed by atoms with van der Waals surface area (Å²) in [6.07, 6.45) is 0. The van der Waals surface area contributed by atoms with Gasteiger partial charge in [0, 0.05) is 21.9 Å². The van der Waals surface area contributed by atoms with Crippen molar-refractivity contribution in [1.82, 2.24) is 4.57 Å². The Morgan fingerprint density at radius 2 is 0.956 bits per heavy atom. The summed E-state index contributed by atoms with van der Waals surface area (Å²) in [6.45, 7) is 0. The van der Waals surface area contributed by atoms with E-state index in [9.17, 15) is 0 Å². The summed E-state index contributed by atoms with van der Waals surface area (Å²) in [5.74, 6) is 1.79. The van der Waals surface area contributed by atoms with Crippen molar-refractivity contribution in [3.8, 4) is 39.4 Å². The van der Waals surface area contributed by atoms with Crippen molar-refractivity contribution >= 4 is 21.8 Å². The number of hydrogen-bond acceptors (Lipinski definition) is 1. The van der Waals surface area contributed by atoms with Crippen molar-refractivity contribution < 1.29 is 4.74 Å². The van der Waals surface area contributed by atoms with Crippen LogP contribution in [0.1, 0.15) is 22.3 Å². The average molecular weight is 574 g/mol. The highest BCUT2D eigenvalue weighted by atomic mass is 16.5. The van der Waals surface area contributed by atoms with Gasteiger partial charge in [0.15, 0.2) is 0 Å². The summed E-state index contributed by atoms with van der Waals surface area (Å²) in [7, 11) is 0. The molecule has 1 aromatic heterocycles. The van der Waals surface area contributed by atoms with E-state index in [0.717, 1.165) is 22.6 Å². The van der Waals surface area contributed by atoms with Crippen LogP contribution in [0.25, 0.3) is 49.7 Å². The van der Waals surface area contributed by atoms with Gasteiger partial charge in [0.25, 0.3) is 0 Å². The third-order valence-electron chi connectivity index (χ3n) is 9.85. The molecule has 2 aliphatic rings. The summed E-state index contributed by atoms with van der Waals surface area (Å²) in [6, 6.07) is 59.4. The van der Waals surface area contributed by atoms with Crippen LogP contribution in [0.3, 0.4) is 0 Å². The summed E-state index contributed by atoms with van der Waals surface area (Å²) in [5.41, 5.74) is 12.7. The van der Waals surface area contributed by atoms with Crippen LogP contribution in [0.4, 0.5) is 0 Å². The standard InChI is InChI=1S/C43H27NO/c1-3-12-28(13-4-1)30-22-24-40-36(26-30)43(37-27-31(23-25-41(37)45-40)29-14-5-2-6-15-29)34-18-8-10-21-39(34)44-38-20-9-7-16-32(38)33-17-11-19-35(43)42(33)44/h1-27H. The number of nitrogens with zero attached hydrogens (tertiary/aromatic N) is 1. The zero-order chi connectivity index (χ0) is 29.5. The van der Waals surface area contributed by atoms with Crippen molar-refractivity contribution in [2.45, 2.75) is 5.41 Å². The molecule has 8 aromatic rings. The van der Waals surface area contributed by atoms with Crippen molar-refractivity contribution in [1.29, 1.82) is 0 Å². The van der Waals surface area contributed by atoms with E-state index in [1.54, 1.807) is 0 Å². The van der Waals surface area contributed by atoms with E-state index < -0.39 is 5.41 Å². The van der Waals surface area contributed by atoms with E-state index in [0.29, 0.717) is 0 Å². The summed E-state index contributed by atoms with van der Waals surface area (Å²) >= 11 is 0. The highest BCUT2D eigenvalue weighted by Crippen LogP contribution is 2.61. The first-order valence-electron chi connectivity index (χ1n) is 15.5. The lowest BCUT2D eigenvalue weighted by Gasteiger charge is -2.45. The second kappa shape index (κ2) is 9.07. The first kappa shape index (κ1) is 24.6. The number of ether oxygens (including phenoxy) is 1. The molecule has 1 spiro atoms. The maximum Gasteiger partial charge on any atom is 0.132 e. The Bertz CT molecular complexity index is 2360. The van der Waals surface area contributed by atoms with E-state index in [-0.39, 0.29) is 0 Å². The van der Waals surface area contributed by atoms with E-state index in [4.69, 9.17) is 4.74 Å². The molecule has 0 saturated carbocycles. The Labute approximate surface area is 261 Å². The highest BCUT2D eigenvalue weighted by molar-refractivity contribution is 6.12. The number of benzene rings is 7. The number of para-hydroxylation sites is 3. The van der Waals surface area contributed by atoms with Crippen LogP contribution in [0, 0.1) is 0 Å². The summed E-state index contributed by atoms with van der Waals surface area (Å²) < 4.78 is 9.32. The van der Waals surface area contributed by atoms with Gasteiger partial charge in [-0.3, -0.25) is 0 Å². The molecule has 2 nitrogen and oxygen atoms in total. The lowest BCUT2D eigenvalue weighted by molar-refractivity contribution is 0.434. The largest absolute Gasteiger partial charge is 0.457 e. The van der Waals surface area contributed by atoms with E-state index in [2.05, 4.69) is 168 Å². The summed E-state index contributed by atoms with van der Waals surface area (Å²) in [4.78, 5) is 0. The molecule has 10 rings (SSSR count). The Hall–Kier alpha value is -5.86. The van der Waals surface area contributed by atoms with Crippen molar-refractivity contribution in [3.05, 3.63) is 186 Å². The van der Waals surface area contributed by atoms with Gasteiger partial charge in [-0.05, 0) is 69.8 Å². The van der Waals surface area contributed by atoms with Gasteiger partial charge in [0.2, 0.25) is 0 Å². The Kier molecular flexibility index (Phi) is 4.95. The Morgan fingerprint density at radius 3 is 1.64 bits per heavy atom. The van der Waals surface area contributed by atoms with Crippen LogP contribution < -0.4 is 4.74 Å². The molecule has 2 heteroatoms. The van der Waals surface area contributed by atoms with Crippen LogP contribution in [0.5, 0.6) is 11.5 Å². The maximum atomic E-state index is 6.84. The van der Waals surface area contributed by atoms with Crippen LogP contribution in [0.15, 0.2) is 164 Å². The first-order chi connectivity index (χ1) is 22.3. The van der Waals surface area contributed by atoms with Gasteiger partial charge in [-0.2, -0.15) is 0 Å². The van der Waals surface area contributed by atoms with Gasteiger partial charge in [-0.15, -0.1) is 0 Å². The van der Waals surface area contributed by atoms with Crippen molar-refractivity contribution in [2.24, 2.45) is 0 Å². The fraction of sp³-hybridized carbons (Fsp3) is 0.0233. The molecule has 0 amide bonds. The van der Waals surface area contributed by atoms with Gasteiger partial charge in [0.05, 0.1) is 22.1 Å². The third kappa shape index (κ3) is 3.23. The fourth-order valence-corrected chi connectivity index (χ4v) is 7.99. The Balaban J connectivity index is 1.41. The number of rotatable bonds is 2. The van der Waals surface area contributed by atoms with Gasteiger partial charge >= 0.3 is 0 Å². The van der Waals surface area contributed by atoms with Crippen molar-refractivity contribution in [2.75, 3.05) is 0 Å². The molecule has 0 radical (unpaired) electrons. The van der Waals surface area contributed by atoms with Gasteiger partial charge < -0.3 is 9.30 Å². The van der Waals surface area contributed by atoms with E-state index >= 15 is 0 Å². The molecule has 210 valence electrons. The van der Waals surface area contributed by atoms with E-state index in [1.165, 1.54) is 60.9 Å². The highest BCUT2D eigenvalue weighted by Gasteiger charge is 2.50. The predicted octanol–water partition coefficient (Wildman–Crippen LogP) is 10.9. The first-order valence-corrected chi connectivity index (χ1v) is 15.5. The minimum atomic E-state index is -0.612. The molecule has 0 fully saturated rings. The minimum Gasteiger partial charge on any atom is -0.457 e. The molecule has 0 atom stereocenters. The summed E-state index contributed by atoms with van der Waals surface area (Å²) in [5, 5.41) is 2.54. The second-order valence-electron chi connectivity index (χ2n) is 12.1. The number of fused-ring (bicyclic) bond motifs is 11. The zero-order valence-electron chi connectivity index (χ0n) is 24.4.